The third kappa shape index (κ3) is 3.79. The molecule has 2 aromatic carbocycles. The van der Waals surface area contributed by atoms with Gasteiger partial charge >= 0.3 is 0 Å². The van der Waals surface area contributed by atoms with Crippen LogP contribution < -0.4 is 4.74 Å². The second kappa shape index (κ2) is 7.53. The highest BCUT2D eigenvalue weighted by Gasteiger charge is 2.11. The van der Waals surface area contributed by atoms with Crippen LogP contribution in [-0.2, 0) is 13.5 Å². The van der Waals surface area contributed by atoms with Crippen molar-refractivity contribution in [3.63, 3.8) is 0 Å². The Labute approximate surface area is 146 Å². The van der Waals surface area contributed by atoms with Gasteiger partial charge in [-0.25, -0.2) is 0 Å². The van der Waals surface area contributed by atoms with Gasteiger partial charge in [0.05, 0.1) is 7.11 Å². The lowest BCUT2D eigenvalue weighted by Gasteiger charge is -2.05. The fourth-order valence-electron chi connectivity index (χ4n) is 2.45. The zero-order chi connectivity index (χ0) is 16.9. The average Bonchev–Trinajstić information content (AvgIpc) is 2.97. The molecular formula is C19H21N3OS. The topological polar surface area (TPSA) is 39.9 Å². The molecular weight excluding hydrogens is 318 g/mol. The summed E-state index contributed by atoms with van der Waals surface area (Å²) < 4.78 is 7.24. The first-order chi connectivity index (χ1) is 11.7. The van der Waals surface area contributed by atoms with Gasteiger partial charge in [-0.2, -0.15) is 0 Å². The third-order valence-corrected chi connectivity index (χ3v) is 4.95. The maximum atomic E-state index is 5.18. The Bertz CT molecular complexity index is 794. The Morgan fingerprint density at radius 2 is 1.71 bits per heavy atom. The quantitative estimate of drug-likeness (QED) is 0.633. The lowest BCUT2D eigenvalue weighted by atomic mass is 10.1. The van der Waals surface area contributed by atoms with E-state index in [1.807, 2.05) is 19.2 Å². The first kappa shape index (κ1) is 16.6. The summed E-state index contributed by atoms with van der Waals surface area (Å²) in [4.78, 5) is 0. The highest BCUT2D eigenvalue weighted by Crippen LogP contribution is 2.23. The first-order valence-corrected chi connectivity index (χ1v) is 8.88. The second-order valence-electron chi connectivity index (χ2n) is 5.68. The van der Waals surface area contributed by atoms with Gasteiger partial charge in [-0.05, 0) is 31.0 Å². The number of aromatic nitrogens is 3. The van der Waals surface area contributed by atoms with Crippen LogP contribution in [0.5, 0.6) is 5.75 Å². The standard InChI is InChI=1S/C19H21N3OS/c1-14-4-8-16(9-5-14)18-20-21-19(22(18)2)24-13-12-15-6-10-17(23-3)11-7-15/h4-11H,12-13H2,1-3H3. The van der Waals surface area contributed by atoms with E-state index in [9.17, 15) is 0 Å². The van der Waals surface area contributed by atoms with Crippen molar-refractivity contribution in [3.05, 3.63) is 59.7 Å². The summed E-state index contributed by atoms with van der Waals surface area (Å²) >= 11 is 1.73. The molecule has 0 N–H and O–H groups in total. The Morgan fingerprint density at radius 1 is 1.00 bits per heavy atom. The molecule has 3 rings (SSSR count). The number of hydrogen-bond donors (Lipinski definition) is 0. The Morgan fingerprint density at radius 3 is 2.38 bits per heavy atom. The number of methoxy groups -OCH3 is 1. The number of hydrogen-bond acceptors (Lipinski definition) is 4. The van der Waals surface area contributed by atoms with E-state index in [4.69, 9.17) is 4.74 Å². The SMILES string of the molecule is COc1ccc(CCSc2nnc(-c3ccc(C)cc3)n2C)cc1. The number of benzene rings is 2. The number of thioether (sulfide) groups is 1. The van der Waals surface area contributed by atoms with E-state index in [0.29, 0.717) is 0 Å². The highest BCUT2D eigenvalue weighted by molar-refractivity contribution is 7.99. The van der Waals surface area contributed by atoms with Crippen LogP contribution in [0, 0.1) is 6.92 Å². The minimum Gasteiger partial charge on any atom is -0.497 e. The summed E-state index contributed by atoms with van der Waals surface area (Å²) in [5.41, 5.74) is 3.64. The molecule has 0 unspecified atom stereocenters. The smallest absolute Gasteiger partial charge is 0.191 e. The summed E-state index contributed by atoms with van der Waals surface area (Å²) in [6.07, 6.45) is 0.987. The summed E-state index contributed by atoms with van der Waals surface area (Å²) in [7, 11) is 3.70. The predicted molar refractivity (Wildman–Crippen MR) is 98.6 cm³/mol. The number of nitrogens with zero attached hydrogens (tertiary/aromatic N) is 3. The molecule has 0 bridgehead atoms. The van der Waals surface area contributed by atoms with Gasteiger partial charge in [-0.3, -0.25) is 0 Å². The normalized spacial score (nSPS) is 10.8. The van der Waals surface area contributed by atoms with E-state index in [2.05, 4.69) is 58.1 Å². The fourth-order valence-corrected chi connectivity index (χ4v) is 3.35. The summed E-state index contributed by atoms with van der Waals surface area (Å²) in [6.45, 7) is 2.08. The molecule has 0 saturated carbocycles. The fraction of sp³-hybridized carbons (Fsp3) is 0.263. The van der Waals surface area contributed by atoms with Gasteiger partial charge < -0.3 is 9.30 Å². The van der Waals surface area contributed by atoms with Crippen molar-refractivity contribution in [2.45, 2.75) is 18.5 Å². The molecule has 0 aliphatic carbocycles. The monoisotopic (exact) mass is 339 g/mol. The maximum absolute atomic E-state index is 5.18. The molecule has 0 saturated heterocycles. The van der Waals surface area contributed by atoms with Crippen molar-refractivity contribution in [2.24, 2.45) is 7.05 Å². The van der Waals surface area contributed by atoms with Crippen molar-refractivity contribution < 1.29 is 4.74 Å². The summed E-state index contributed by atoms with van der Waals surface area (Å²) in [5, 5.41) is 9.61. The third-order valence-electron chi connectivity index (χ3n) is 3.93. The number of ether oxygens (including phenoxy) is 1. The van der Waals surface area contributed by atoms with Gasteiger partial charge in [0.25, 0.3) is 0 Å². The van der Waals surface area contributed by atoms with Gasteiger partial charge in [-0.1, -0.05) is 53.7 Å². The minimum atomic E-state index is 0.891. The second-order valence-corrected chi connectivity index (χ2v) is 6.74. The summed E-state index contributed by atoms with van der Waals surface area (Å²) in [6, 6.07) is 16.6. The molecule has 124 valence electrons. The van der Waals surface area contributed by atoms with Gasteiger partial charge in [0.15, 0.2) is 11.0 Å². The van der Waals surface area contributed by atoms with Gasteiger partial charge in [0, 0.05) is 18.4 Å². The van der Waals surface area contributed by atoms with Crippen molar-refractivity contribution in [1.29, 1.82) is 0 Å². The van der Waals surface area contributed by atoms with E-state index in [1.165, 1.54) is 11.1 Å². The molecule has 0 spiro atoms. The van der Waals surface area contributed by atoms with E-state index in [0.717, 1.165) is 34.5 Å². The van der Waals surface area contributed by atoms with Gasteiger partial charge in [-0.15, -0.1) is 10.2 Å². The maximum Gasteiger partial charge on any atom is 0.191 e. The van der Waals surface area contributed by atoms with Crippen molar-refractivity contribution in [3.8, 4) is 17.1 Å². The largest absolute Gasteiger partial charge is 0.497 e. The van der Waals surface area contributed by atoms with Gasteiger partial charge in [0.2, 0.25) is 0 Å². The zero-order valence-corrected chi connectivity index (χ0v) is 15.0. The molecule has 24 heavy (non-hydrogen) atoms. The van der Waals surface area contributed by atoms with Crippen LogP contribution >= 0.6 is 11.8 Å². The predicted octanol–water partition coefficient (Wildman–Crippen LogP) is 4.13. The summed E-state index contributed by atoms with van der Waals surface area (Å²) in [5.74, 6) is 2.76. The van der Waals surface area contributed by atoms with Crippen molar-refractivity contribution in [1.82, 2.24) is 14.8 Å². The lowest BCUT2D eigenvalue weighted by Crippen LogP contribution is -1.96. The minimum absolute atomic E-state index is 0.891. The Kier molecular flexibility index (Phi) is 5.20. The average molecular weight is 339 g/mol. The van der Waals surface area contributed by atoms with E-state index in [1.54, 1.807) is 18.9 Å². The molecule has 0 atom stereocenters. The van der Waals surface area contributed by atoms with Crippen LogP contribution in [0.4, 0.5) is 0 Å². The van der Waals surface area contributed by atoms with Crippen molar-refractivity contribution in [2.75, 3.05) is 12.9 Å². The van der Waals surface area contributed by atoms with Crippen molar-refractivity contribution >= 4 is 11.8 Å². The molecule has 0 radical (unpaired) electrons. The zero-order valence-electron chi connectivity index (χ0n) is 14.2. The van der Waals surface area contributed by atoms with Gasteiger partial charge in [0.1, 0.15) is 5.75 Å². The highest BCUT2D eigenvalue weighted by atomic mass is 32.2. The van der Waals surface area contributed by atoms with Crippen LogP contribution in [0.15, 0.2) is 53.7 Å². The van der Waals surface area contributed by atoms with E-state index in [-0.39, 0.29) is 0 Å². The van der Waals surface area contributed by atoms with E-state index < -0.39 is 0 Å². The van der Waals surface area contributed by atoms with E-state index >= 15 is 0 Å². The molecule has 1 heterocycles. The Balaban J connectivity index is 1.62. The van der Waals surface area contributed by atoms with Crippen LogP contribution in [-0.4, -0.2) is 27.6 Å². The number of rotatable bonds is 6. The molecule has 5 heteroatoms. The lowest BCUT2D eigenvalue weighted by molar-refractivity contribution is 0.414. The van der Waals surface area contributed by atoms with Crippen LogP contribution in [0.1, 0.15) is 11.1 Å². The molecule has 4 nitrogen and oxygen atoms in total. The van der Waals surface area contributed by atoms with Crippen LogP contribution in [0.3, 0.4) is 0 Å². The van der Waals surface area contributed by atoms with Crippen LogP contribution in [0.25, 0.3) is 11.4 Å². The molecule has 0 aliphatic rings. The molecule has 1 aromatic heterocycles. The number of aryl methyl sites for hydroxylation is 2. The molecule has 0 fully saturated rings. The first-order valence-electron chi connectivity index (χ1n) is 7.89. The van der Waals surface area contributed by atoms with Crippen LogP contribution in [0.2, 0.25) is 0 Å². The molecule has 3 aromatic rings. The molecule has 0 amide bonds. The Hall–Kier alpha value is -2.27. The molecule has 0 aliphatic heterocycles.